The summed E-state index contributed by atoms with van der Waals surface area (Å²) in [5.74, 6) is 1.64. The van der Waals surface area contributed by atoms with E-state index in [1.165, 1.54) is 0 Å². The molecule has 1 aliphatic rings. The highest BCUT2D eigenvalue weighted by Gasteiger charge is 2.28. The van der Waals surface area contributed by atoms with Crippen LogP contribution in [0.5, 0.6) is 5.88 Å². The van der Waals surface area contributed by atoms with Gasteiger partial charge in [0.25, 0.3) is 5.91 Å². The minimum Gasteiger partial charge on any atom is -0.473 e. The first-order chi connectivity index (χ1) is 13.9. The average Bonchev–Trinajstić information content (AvgIpc) is 3.20. The molecule has 0 saturated heterocycles. The Morgan fingerprint density at radius 2 is 2.03 bits per heavy atom. The van der Waals surface area contributed by atoms with Crippen molar-refractivity contribution < 1.29 is 14.1 Å². The van der Waals surface area contributed by atoms with Crippen LogP contribution in [0.3, 0.4) is 0 Å². The predicted molar refractivity (Wildman–Crippen MR) is 107 cm³/mol. The molecule has 0 N–H and O–H groups in total. The number of aryl methyl sites for hydroxylation is 2. The van der Waals surface area contributed by atoms with Gasteiger partial charge in [0.2, 0.25) is 5.88 Å². The standard InChI is InChI=1S/C22H24N4O3/c1-13(2)10-26-11-17-7-20(24-9-18(17)22(26)27)28-12-19-15(4)29-25-21(19)16-6-5-14(3)23-8-16/h5-9,13H,10-12H2,1-4H3. The summed E-state index contributed by atoms with van der Waals surface area (Å²) in [5.41, 5.74) is 5.00. The van der Waals surface area contributed by atoms with Gasteiger partial charge in [-0.25, -0.2) is 4.98 Å². The van der Waals surface area contributed by atoms with E-state index in [1.54, 1.807) is 12.4 Å². The van der Waals surface area contributed by atoms with E-state index in [0.29, 0.717) is 29.7 Å². The Hall–Kier alpha value is -3.22. The number of nitrogens with zero attached hydrogens (tertiary/aromatic N) is 4. The average molecular weight is 392 g/mol. The van der Waals surface area contributed by atoms with Crippen LogP contribution in [0.1, 0.15) is 46.8 Å². The van der Waals surface area contributed by atoms with Gasteiger partial charge in [0.1, 0.15) is 18.1 Å². The molecule has 0 bridgehead atoms. The Morgan fingerprint density at radius 3 is 2.76 bits per heavy atom. The van der Waals surface area contributed by atoms with E-state index in [-0.39, 0.29) is 12.5 Å². The Bertz CT molecular complexity index is 1040. The van der Waals surface area contributed by atoms with Crippen molar-refractivity contribution in [3.05, 3.63) is 58.7 Å². The fraction of sp³-hybridized carbons (Fsp3) is 0.364. The normalized spacial score (nSPS) is 13.3. The molecule has 29 heavy (non-hydrogen) atoms. The van der Waals surface area contributed by atoms with E-state index < -0.39 is 0 Å². The zero-order chi connectivity index (χ0) is 20.5. The molecule has 0 atom stereocenters. The summed E-state index contributed by atoms with van der Waals surface area (Å²) in [6.45, 7) is 9.60. The van der Waals surface area contributed by atoms with Gasteiger partial charge >= 0.3 is 0 Å². The van der Waals surface area contributed by atoms with Crippen LogP contribution in [0.25, 0.3) is 11.3 Å². The van der Waals surface area contributed by atoms with Crippen molar-refractivity contribution in [1.29, 1.82) is 0 Å². The summed E-state index contributed by atoms with van der Waals surface area (Å²) in [6.07, 6.45) is 3.39. The van der Waals surface area contributed by atoms with Crippen LogP contribution in [-0.2, 0) is 13.2 Å². The van der Waals surface area contributed by atoms with Gasteiger partial charge in [-0.05, 0) is 37.5 Å². The van der Waals surface area contributed by atoms with Crippen molar-refractivity contribution >= 4 is 5.91 Å². The number of rotatable bonds is 6. The third kappa shape index (κ3) is 3.85. The van der Waals surface area contributed by atoms with Gasteiger partial charge in [-0.1, -0.05) is 19.0 Å². The van der Waals surface area contributed by atoms with Gasteiger partial charge in [-0.3, -0.25) is 9.78 Å². The zero-order valence-electron chi connectivity index (χ0n) is 17.1. The molecular weight excluding hydrogens is 368 g/mol. The summed E-state index contributed by atoms with van der Waals surface area (Å²) in [7, 11) is 0. The molecular formula is C22H24N4O3. The Labute approximate surface area is 169 Å². The number of carbonyl (C=O) groups is 1. The fourth-order valence-corrected chi connectivity index (χ4v) is 3.46. The summed E-state index contributed by atoms with van der Waals surface area (Å²) in [5, 5.41) is 4.17. The Morgan fingerprint density at radius 1 is 1.21 bits per heavy atom. The molecule has 0 aromatic carbocycles. The van der Waals surface area contributed by atoms with Crippen molar-refractivity contribution in [2.75, 3.05) is 6.54 Å². The van der Waals surface area contributed by atoms with Gasteiger partial charge in [-0.15, -0.1) is 0 Å². The summed E-state index contributed by atoms with van der Waals surface area (Å²) in [6, 6.07) is 5.75. The Balaban J connectivity index is 1.51. The van der Waals surface area contributed by atoms with E-state index in [2.05, 4.69) is 29.0 Å². The molecule has 3 aromatic heterocycles. The maximum Gasteiger partial charge on any atom is 0.256 e. The third-order valence-corrected chi connectivity index (χ3v) is 4.96. The van der Waals surface area contributed by atoms with Crippen LogP contribution in [0.4, 0.5) is 0 Å². The molecule has 0 saturated carbocycles. The third-order valence-electron chi connectivity index (χ3n) is 4.96. The molecule has 0 fully saturated rings. The van der Waals surface area contributed by atoms with Crippen molar-refractivity contribution in [3.63, 3.8) is 0 Å². The molecule has 7 nitrogen and oxygen atoms in total. The highest BCUT2D eigenvalue weighted by Crippen LogP contribution is 2.28. The molecule has 0 unspecified atom stereocenters. The second-order valence-corrected chi connectivity index (χ2v) is 7.80. The summed E-state index contributed by atoms with van der Waals surface area (Å²) >= 11 is 0. The summed E-state index contributed by atoms with van der Waals surface area (Å²) < 4.78 is 11.3. The highest BCUT2D eigenvalue weighted by molar-refractivity contribution is 5.98. The van der Waals surface area contributed by atoms with Crippen LogP contribution in [-0.4, -0.2) is 32.5 Å². The predicted octanol–water partition coefficient (Wildman–Crippen LogP) is 3.94. The van der Waals surface area contributed by atoms with Crippen molar-refractivity contribution in [2.24, 2.45) is 5.92 Å². The second kappa shape index (κ2) is 7.66. The number of hydrogen-bond donors (Lipinski definition) is 0. The number of ether oxygens (including phenoxy) is 1. The lowest BCUT2D eigenvalue weighted by Gasteiger charge is -2.17. The molecule has 150 valence electrons. The van der Waals surface area contributed by atoms with Gasteiger partial charge in [0, 0.05) is 42.8 Å². The number of hydrogen-bond acceptors (Lipinski definition) is 6. The molecule has 7 heteroatoms. The first kappa shape index (κ1) is 19.1. The van der Waals surface area contributed by atoms with E-state index >= 15 is 0 Å². The first-order valence-electron chi connectivity index (χ1n) is 9.71. The first-order valence-corrected chi connectivity index (χ1v) is 9.71. The maximum absolute atomic E-state index is 12.5. The molecule has 4 rings (SSSR count). The quantitative estimate of drug-likeness (QED) is 0.632. The number of fused-ring (bicyclic) bond motifs is 1. The number of carbonyl (C=O) groups excluding carboxylic acids is 1. The van der Waals surface area contributed by atoms with E-state index in [0.717, 1.165) is 34.6 Å². The lowest BCUT2D eigenvalue weighted by Crippen LogP contribution is -2.27. The topological polar surface area (TPSA) is 81.3 Å². The number of aromatic nitrogens is 3. The minimum atomic E-state index is 0.0387. The van der Waals surface area contributed by atoms with Crippen LogP contribution in [0.2, 0.25) is 0 Å². The van der Waals surface area contributed by atoms with Crippen molar-refractivity contribution in [2.45, 2.75) is 40.8 Å². The summed E-state index contributed by atoms with van der Waals surface area (Å²) in [4.78, 5) is 23.0. The minimum absolute atomic E-state index is 0.0387. The molecule has 0 aliphatic carbocycles. The van der Waals surface area contributed by atoms with Gasteiger partial charge in [-0.2, -0.15) is 0 Å². The number of amides is 1. The monoisotopic (exact) mass is 392 g/mol. The van der Waals surface area contributed by atoms with E-state index in [1.807, 2.05) is 36.9 Å². The molecule has 0 spiro atoms. The SMILES string of the molecule is Cc1ccc(-c2noc(C)c2COc2cc3c(cn2)C(=O)N(CC(C)C)C3)cn1. The molecule has 4 heterocycles. The van der Waals surface area contributed by atoms with Crippen LogP contribution >= 0.6 is 0 Å². The largest absolute Gasteiger partial charge is 0.473 e. The van der Waals surface area contributed by atoms with Crippen molar-refractivity contribution in [3.8, 4) is 17.1 Å². The Kier molecular flexibility index (Phi) is 5.05. The van der Waals surface area contributed by atoms with Gasteiger partial charge in [0.05, 0.1) is 11.1 Å². The lowest BCUT2D eigenvalue weighted by atomic mass is 10.1. The molecule has 1 aliphatic heterocycles. The fourth-order valence-electron chi connectivity index (χ4n) is 3.46. The lowest BCUT2D eigenvalue weighted by molar-refractivity contribution is 0.0759. The molecule has 0 radical (unpaired) electrons. The smallest absolute Gasteiger partial charge is 0.256 e. The van der Waals surface area contributed by atoms with Crippen molar-refractivity contribution in [1.82, 2.24) is 20.0 Å². The van der Waals surface area contributed by atoms with Gasteiger partial charge in [0.15, 0.2) is 0 Å². The van der Waals surface area contributed by atoms with Crippen LogP contribution in [0.15, 0.2) is 35.1 Å². The van der Waals surface area contributed by atoms with Gasteiger partial charge < -0.3 is 14.2 Å². The highest BCUT2D eigenvalue weighted by atomic mass is 16.5. The van der Waals surface area contributed by atoms with Crippen LogP contribution in [0, 0.1) is 19.8 Å². The number of pyridine rings is 2. The maximum atomic E-state index is 12.5. The second-order valence-electron chi connectivity index (χ2n) is 7.80. The van der Waals surface area contributed by atoms with E-state index in [4.69, 9.17) is 9.26 Å². The van der Waals surface area contributed by atoms with E-state index in [9.17, 15) is 4.79 Å². The zero-order valence-corrected chi connectivity index (χ0v) is 17.1. The molecule has 3 aromatic rings. The molecule has 1 amide bonds. The van der Waals surface area contributed by atoms with Crippen LogP contribution < -0.4 is 4.74 Å².